The van der Waals surface area contributed by atoms with Gasteiger partial charge in [-0.05, 0) is 120 Å². The van der Waals surface area contributed by atoms with Gasteiger partial charge in [-0.2, -0.15) is 16.8 Å². The predicted molar refractivity (Wildman–Crippen MR) is 210 cm³/mol. The van der Waals surface area contributed by atoms with Crippen molar-refractivity contribution in [2.45, 2.75) is 92.9 Å². The zero-order valence-electron chi connectivity index (χ0n) is 31.9. The van der Waals surface area contributed by atoms with Crippen LogP contribution in [0, 0.1) is 47.3 Å². The number of carbonyl (C=O) groups is 2. The SMILES string of the molecule is Cc1ccccc1CC(=C(C12CCC(CC1=O)C2(C)C)S(=O)(=O)O)c1ccccc1C(Cc1ccccc1C)=C(C12CCC(CC1=O)C2(C)C)S(=O)(=O)O. The van der Waals surface area contributed by atoms with E-state index in [1.165, 1.54) is 0 Å². The average molecular weight is 771 g/mol. The van der Waals surface area contributed by atoms with Crippen LogP contribution in [-0.4, -0.2) is 37.5 Å². The van der Waals surface area contributed by atoms with Crippen LogP contribution < -0.4 is 0 Å². The van der Waals surface area contributed by atoms with Gasteiger partial charge in [0.05, 0.1) is 20.6 Å². The fourth-order valence-corrected chi connectivity index (χ4v) is 14.1. The quantitative estimate of drug-likeness (QED) is 0.195. The molecule has 8 nitrogen and oxygen atoms in total. The summed E-state index contributed by atoms with van der Waals surface area (Å²) in [5.41, 5.74) is -0.370. The van der Waals surface area contributed by atoms with E-state index in [0.29, 0.717) is 24.0 Å². The van der Waals surface area contributed by atoms with Crippen LogP contribution in [0.15, 0.2) is 82.6 Å². The molecule has 286 valence electrons. The second kappa shape index (κ2) is 12.9. The molecule has 4 unspecified atom stereocenters. The fraction of sp³-hybridized carbons (Fsp3) is 0.455. The third kappa shape index (κ3) is 5.57. The molecule has 4 fully saturated rings. The Morgan fingerprint density at radius 3 is 1.20 bits per heavy atom. The van der Waals surface area contributed by atoms with Gasteiger partial charge in [-0.3, -0.25) is 18.7 Å². The lowest BCUT2D eigenvalue weighted by Crippen LogP contribution is -2.41. The van der Waals surface area contributed by atoms with Crippen LogP contribution in [-0.2, 0) is 42.7 Å². The van der Waals surface area contributed by atoms with E-state index in [2.05, 4.69) is 0 Å². The summed E-state index contributed by atoms with van der Waals surface area (Å²) >= 11 is 0. The van der Waals surface area contributed by atoms with Crippen LogP contribution in [0.3, 0.4) is 0 Å². The molecule has 4 bridgehead atoms. The first-order valence-electron chi connectivity index (χ1n) is 18.9. The van der Waals surface area contributed by atoms with Crippen LogP contribution in [0.1, 0.15) is 99.6 Å². The van der Waals surface area contributed by atoms with Crippen molar-refractivity contribution in [2.75, 3.05) is 0 Å². The standard InChI is InChI=1S/C44H50O8S2/c1-27-13-7-9-15-29(27)23-35(39(53(47,48)49)43-21-19-31(25-37(43)45)41(43,3)4)33-17-11-12-18-34(33)36(24-30-16-10-8-14-28(30)2)40(54(50,51)52)44-22-20-32(26-38(44)46)42(44,5)6/h7-18,31-32H,19-26H2,1-6H3,(H,47,48,49)(H,50,51,52). The van der Waals surface area contributed by atoms with Gasteiger partial charge in [0.25, 0.3) is 20.2 Å². The number of allylic oxidation sites excluding steroid dienone is 4. The van der Waals surface area contributed by atoms with Crippen molar-refractivity contribution < 1.29 is 35.5 Å². The number of Topliss-reactive ketones (excluding diaryl/α,β-unsaturated/α-hetero) is 2. The minimum atomic E-state index is -5.07. The summed E-state index contributed by atoms with van der Waals surface area (Å²) in [4.78, 5) is 27.8. The second-order valence-corrected chi connectivity index (χ2v) is 20.0. The Bertz CT molecular complexity index is 2220. The maximum Gasteiger partial charge on any atom is 0.291 e. The van der Waals surface area contributed by atoms with Gasteiger partial charge in [0.15, 0.2) is 0 Å². The molecular weight excluding hydrogens is 721 g/mol. The molecule has 4 aliphatic rings. The monoisotopic (exact) mass is 770 g/mol. The van der Waals surface area contributed by atoms with Gasteiger partial charge < -0.3 is 0 Å². The highest BCUT2D eigenvalue weighted by atomic mass is 32.2. The van der Waals surface area contributed by atoms with E-state index in [-0.39, 0.29) is 82.9 Å². The third-order valence-corrected chi connectivity index (χ3v) is 16.7. The molecule has 0 heterocycles. The Morgan fingerprint density at radius 1 is 0.593 bits per heavy atom. The van der Waals surface area contributed by atoms with Crippen molar-refractivity contribution in [1.82, 2.24) is 0 Å². The highest BCUT2D eigenvalue weighted by Gasteiger charge is 2.70. The molecule has 4 aliphatic carbocycles. The summed E-state index contributed by atoms with van der Waals surface area (Å²) in [5.74, 6) is -0.631. The van der Waals surface area contributed by atoms with Crippen LogP contribution >= 0.6 is 0 Å². The normalized spacial score (nSPS) is 28.0. The minimum absolute atomic E-state index is 0.00504. The first kappa shape index (κ1) is 38.6. The van der Waals surface area contributed by atoms with E-state index < -0.39 is 41.9 Å². The lowest BCUT2D eigenvalue weighted by molar-refractivity contribution is -0.127. The molecule has 3 aromatic carbocycles. The molecular formula is C44H50O8S2. The molecule has 0 aromatic heterocycles. The van der Waals surface area contributed by atoms with Gasteiger partial charge in [0.2, 0.25) is 0 Å². The van der Waals surface area contributed by atoms with Gasteiger partial charge >= 0.3 is 0 Å². The largest absolute Gasteiger partial charge is 0.299 e. The van der Waals surface area contributed by atoms with Crippen molar-refractivity contribution in [3.8, 4) is 0 Å². The highest BCUT2D eigenvalue weighted by Crippen LogP contribution is 2.70. The van der Waals surface area contributed by atoms with Crippen LogP contribution in [0.2, 0.25) is 0 Å². The van der Waals surface area contributed by atoms with Crippen LogP contribution in [0.25, 0.3) is 11.1 Å². The first-order chi connectivity index (χ1) is 25.2. The summed E-state index contributed by atoms with van der Waals surface area (Å²) in [7, 11) is -10.1. The van der Waals surface area contributed by atoms with E-state index in [0.717, 1.165) is 22.3 Å². The summed E-state index contributed by atoms with van der Waals surface area (Å²) < 4.78 is 79.4. The summed E-state index contributed by atoms with van der Waals surface area (Å²) in [5, 5.41) is 0. The molecule has 10 heteroatoms. The lowest BCUT2D eigenvalue weighted by atomic mass is 9.66. The first-order valence-corrected chi connectivity index (χ1v) is 21.7. The number of carbonyl (C=O) groups excluding carboxylic acids is 2. The smallest absolute Gasteiger partial charge is 0.291 e. The van der Waals surface area contributed by atoms with Crippen molar-refractivity contribution in [1.29, 1.82) is 0 Å². The number of hydrogen-bond donors (Lipinski definition) is 2. The molecule has 7 rings (SSSR count). The number of fused-ring (bicyclic) bond motifs is 4. The Morgan fingerprint density at radius 2 is 0.926 bits per heavy atom. The maximum absolute atomic E-state index is 14.3. The molecule has 0 saturated heterocycles. The average Bonchev–Trinajstić information content (AvgIpc) is 3.63. The Labute approximate surface area is 319 Å². The van der Waals surface area contributed by atoms with Crippen LogP contribution in [0.5, 0.6) is 0 Å². The third-order valence-electron chi connectivity index (χ3n) is 14.5. The van der Waals surface area contributed by atoms with Gasteiger partial charge in [0.1, 0.15) is 11.6 Å². The van der Waals surface area contributed by atoms with Gasteiger partial charge in [-0.15, -0.1) is 0 Å². The molecule has 54 heavy (non-hydrogen) atoms. The number of hydrogen-bond acceptors (Lipinski definition) is 6. The van der Waals surface area contributed by atoms with Crippen molar-refractivity contribution in [3.05, 3.63) is 116 Å². The summed E-state index contributed by atoms with van der Waals surface area (Å²) in [6.07, 6.45) is 2.11. The van der Waals surface area contributed by atoms with E-state index in [4.69, 9.17) is 0 Å². The van der Waals surface area contributed by atoms with Crippen LogP contribution in [0.4, 0.5) is 0 Å². The molecule has 0 spiro atoms. The molecule has 0 amide bonds. The molecule has 3 aromatic rings. The number of rotatable bonds is 10. The van der Waals surface area contributed by atoms with E-state index in [1.54, 1.807) is 24.3 Å². The number of aryl methyl sites for hydroxylation is 2. The summed E-state index contributed by atoms with van der Waals surface area (Å²) in [6, 6.07) is 21.9. The Balaban J connectivity index is 1.66. The van der Waals surface area contributed by atoms with Gasteiger partial charge in [-0.25, -0.2) is 0 Å². The molecule has 0 aliphatic heterocycles. The second-order valence-electron chi connectivity index (χ2n) is 17.3. The number of benzene rings is 3. The van der Waals surface area contributed by atoms with Gasteiger partial charge in [-0.1, -0.05) is 100 Å². The fourth-order valence-electron chi connectivity index (χ4n) is 11.3. The summed E-state index contributed by atoms with van der Waals surface area (Å²) in [6.45, 7) is 11.4. The zero-order valence-corrected chi connectivity index (χ0v) is 33.5. The van der Waals surface area contributed by atoms with Crippen molar-refractivity contribution in [3.63, 3.8) is 0 Å². The zero-order chi connectivity index (χ0) is 39.2. The lowest BCUT2D eigenvalue weighted by Gasteiger charge is -2.40. The minimum Gasteiger partial charge on any atom is -0.299 e. The van der Waals surface area contributed by atoms with Crippen molar-refractivity contribution in [2.24, 2.45) is 33.5 Å². The number of ketones is 2. The van der Waals surface area contributed by atoms with Gasteiger partial charge in [0, 0.05) is 12.8 Å². The van der Waals surface area contributed by atoms with E-state index in [1.807, 2.05) is 90.1 Å². The van der Waals surface area contributed by atoms with Crippen molar-refractivity contribution >= 4 is 42.9 Å². The van der Waals surface area contributed by atoms with E-state index in [9.17, 15) is 35.5 Å². The molecule has 4 saturated carbocycles. The Kier molecular flexibility index (Phi) is 9.24. The Hall–Kier alpha value is -3.70. The highest BCUT2D eigenvalue weighted by molar-refractivity contribution is 7.90. The maximum atomic E-state index is 14.3. The topological polar surface area (TPSA) is 143 Å². The van der Waals surface area contributed by atoms with E-state index >= 15 is 0 Å². The molecule has 0 radical (unpaired) electrons. The molecule has 2 N–H and O–H groups in total. The molecule has 4 atom stereocenters. The predicted octanol–water partition coefficient (Wildman–Crippen LogP) is 8.78.